The van der Waals surface area contributed by atoms with Crippen molar-refractivity contribution in [3.8, 4) is 5.69 Å². The summed E-state index contributed by atoms with van der Waals surface area (Å²) in [6.45, 7) is 2.00. The Labute approximate surface area is 87.3 Å². The fourth-order valence-electron chi connectivity index (χ4n) is 1.48. The van der Waals surface area contributed by atoms with Gasteiger partial charge in [0.15, 0.2) is 0 Å². The minimum atomic E-state index is -0.291. The van der Waals surface area contributed by atoms with Gasteiger partial charge in [0.05, 0.1) is 11.9 Å². The zero-order valence-electron chi connectivity index (χ0n) is 8.44. The Bertz CT molecular complexity index is 476. The minimum absolute atomic E-state index is 0.291. The zero-order chi connectivity index (χ0) is 10.8. The van der Waals surface area contributed by atoms with Crippen LogP contribution in [0.3, 0.4) is 0 Å². The molecule has 1 heterocycles. The molecule has 0 aliphatic carbocycles. The van der Waals surface area contributed by atoms with Gasteiger partial charge in [0.1, 0.15) is 11.6 Å². The van der Waals surface area contributed by atoms with Crippen LogP contribution in [0.15, 0.2) is 30.5 Å². The van der Waals surface area contributed by atoms with E-state index in [0.29, 0.717) is 11.5 Å². The van der Waals surface area contributed by atoms with Crippen molar-refractivity contribution in [3.05, 3.63) is 41.8 Å². The fraction of sp³-hybridized carbons (Fsp3) is 0.182. The summed E-state index contributed by atoms with van der Waals surface area (Å²) in [5.41, 5.74) is 7.49. The fourth-order valence-corrected chi connectivity index (χ4v) is 1.48. The zero-order valence-corrected chi connectivity index (χ0v) is 8.44. The molecule has 0 aliphatic heterocycles. The summed E-state index contributed by atoms with van der Waals surface area (Å²) in [6, 6.07) is 6.20. The number of halogens is 1. The highest BCUT2D eigenvalue weighted by molar-refractivity contribution is 5.46. The molecule has 15 heavy (non-hydrogen) atoms. The van der Waals surface area contributed by atoms with Crippen molar-refractivity contribution in [2.45, 2.75) is 13.3 Å². The summed E-state index contributed by atoms with van der Waals surface area (Å²) in [6.07, 6.45) is 2.53. The van der Waals surface area contributed by atoms with Crippen LogP contribution in [0.5, 0.6) is 0 Å². The predicted molar refractivity (Wildman–Crippen MR) is 57.3 cm³/mol. The van der Waals surface area contributed by atoms with Crippen molar-refractivity contribution < 1.29 is 4.39 Å². The number of nitrogens with zero attached hydrogens (tertiary/aromatic N) is 2. The van der Waals surface area contributed by atoms with Gasteiger partial charge in [-0.3, -0.25) is 0 Å². The Hall–Kier alpha value is -1.84. The lowest BCUT2D eigenvalue weighted by Crippen LogP contribution is -2.03. The van der Waals surface area contributed by atoms with Crippen LogP contribution >= 0.6 is 0 Å². The molecule has 1 aromatic heterocycles. The van der Waals surface area contributed by atoms with Gasteiger partial charge >= 0.3 is 0 Å². The van der Waals surface area contributed by atoms with E-state index in [0.717, 1.165) is 12.0 Å². The molecule has 4 heteroatoms. The van der Waals surface area contributed by atoms with Crippen molar-refractivity contribution in [1.82, 2.24) is 9.78 Å². The van der Waals surface area contributed by atoms with Crippen LogP contribution in [0, 0.1) is 5.82 Å². The molecule has 0 unspecified atom stereocenters. The quantitative estimate of drug-likeness (QED) is 0.816. The lowest BCUT2D eigenvalue weighted by molar-refractivity contribution is 0.625. The molecule has 78 valence electrons. The molecule has 0 aliphatic rings. The summed E-state index contributed by atoms with van der Waals surface area (Å²) < 4.78 is 14.5. The number of aryl methyl sites for hydroxylation is 1. The second-order valence-corrected chi connectivity index (χ2v) is 3.30. The second kappa shape index (κ2) is 3.73. The number of hydrogen-bond donors (Lipinski definition) is 1. The average molecular weight is 205 g/mol. The normalized spacial score (nSPS) is 10.5. The van der Waals surface area contributed by atoms with Gasteiger partial charge in [-0.1, -0.05) is 13.0 Å². The van der Waals surface area contributed by atoms with E-state index >= 15 is 0 Å². The first-order chi connectivity index (χ1) is 7.22. The first-order valence-corrected chi connectivity index (χ1v) is 4.80. The van der Waals surface area contributed by atoms with E-state index in [-0.39, 0.29) is 5.82 Å². The van der Waals surface area contributed by atoms with E-state index in [1.165, 1.54) is 12.1 Å². The van der Waals surface area contributed by atoms with Crippen molar-refractivity contribution in [2.24, 2.45) is 0 Å². The minimum Gasteiger partial charge on any atom is -0.383 e. The second-order valence-electron chi connectivity index (χ2n) is 3.30. The van der Waals surface area contributed by atoms with Crippen molar-refractivity contribution in [3.63, 3.8) is 0 Å². The number of aromatic nitrogens is 2. The van der Waals surface area contributed by atoms with Crippen LogP contribution in [0.1, 0.15) is 12.5 Å². The lowest BCUT2D eigenvalue weighted by atomic mass is 10.2. The highest BCUT2D eigenvalue weighted by atomic mass is 19.1. The van der Waals surface area contributed by atoms with Gasteiger partial charge in [-0.15, -0.1) is 0 Å². The van der Waals surface area contributed by atoms with Crippen molar-refractivity contribution in [2.75, 3.05) is 5.73 Å². The maximum absolute atomic E-state index is 13.0. The lowest BCUT2D eigenvalue weighted by Gasteiger charge is -2.04. The highest BCUT2D eigenvalue weighted by Gasteiger charge is 2.07. The molecule has 0 radical (unpaired) electrons. The number of anilines is 1. The number of nitrogens with two attached hydrogens (primary N) is 1. The van der Waals surface area contributed by atoms with Gasteiger partial charge in [0.2, 0.25) is 0 Å². The first kappa shape index (κ1) is 9.71. The summed E-state index contributed by atoms with van der Waals surface area (Å²) in [5.74, 6) is 0.281. The van der Waals surface area contributed by atoms with E-state index in [1.807, 2.05) is 6.92 Å². The highest BCUT2D eigenvalue weighted by Crippen LogP contribution is 2.17. The Kier molecular flexibility index (Phi) is 2.41. The van der Waals surface area contributed by atoms with Gasteiger partial charge in [0, 0.05) is 5.56 Å². The van der Waals surface area contributed by atoms with Crippen LogP contribution in [0.25, 0.3) is 5.69 Å². The van der Waals surface area contributed by atoms with E-state index in [4.69, 9.17) is 5.73 Å². The molecule has 0 fully saturated rings. The third-order valence-corrected chi connectivity index (χ3v) is 2.32. The third-order valence-electron chi connectivity index (χ3n) is 2.32. The summed E-state index contributed by atoms with van der Waals surface area (Å²) in [7, 11) is 0. The van der Waals surface area contributed by atoms with Gasteiger partial charge in [-0.2, -0.15) is 5.10 Å². The maximum atomic E-state index is 13.0. The van der Waals surface area contributed by atoms with Gasteiger partial charge in [0.25, 0.3) is 0 Å². The van der Waals surface area contributed by atoms with E-state index < -0.39 is 0 Å². The molecule has 2 aromatic rings. The largest absolute Gasteiger partial charge is 0.383 e. The molecule has 3 nitrogen and oxygen atoms in total. The first-order valence-electron chi connectivity index (χ1n) is 4.80. The molecule has 1 aromatic carbocycles. The third kappa shape index (κ3) is 1.70. The molecular weight excluding hydrogens is 193 g/mol. The van der Waals surface area contributed by atoms with Crippen LogP contribution in [-0.2, 0) is 6.42 Å². The van der Waals surface area contributed by atoms with Gasteiger partial charge in [-0.05, 0) is 24.6 Å². The van der Waals surface area contributed by atoms with Gasteiger partial charge < -0.3 is 5.73 Å². The molecule has 0 bridgehead atoms. The monoisotopic (exact) mass is 205 g/mol. The average Bonchev–Trinajstić information content (AvgIpc) is 2.59. The van der Waals surface area contributed by atoms with Crippen LogP contribution in [0.4, 0.5) is 10.2 Å². The Morgan fingerprint density at radius 1 is 1.47 bits per heavy atom. The van der Waals surface area contributed by atoms with E-state index in [1.54, 1.807) is 23.0 Å². The molecule has 0 saturated carbocycles. The van der Waals surface area contributed by atoms with Gasteiger partial charge in [-0.25, -0.2) is 9.07 Å². The smallest absolute Gasteiger partial charge is 0.130 e. The summed E-state index contributed by atoms with van der Waals surface area (Å²) in [4.78, 5) is 0. The Morgan fingerprint density at radius 3 is 2.87 bits per heavy atom. The molecule has 2 rings (SSSR count). The Morgan fingerprint density at radius 2 is 2.27 bits per heavy atom. The van der Waals surface area contributed by atoms with Crippen molar-refractivity contribution >= 4 is 5.82 Å². The standard InChI is InChI=1S/C11H12FN3/c1-2-8-7-14-15(11(8)13)10-5-3-4-9(12)6-10/h3-7H,2,13H2,1H3. The number of hydrogen-bond acceptors (Lipinski definition) is 2. The molecule has 0 spiro atoms. The SMILES string of the molecule is CCc1cnn(-c2cccc(F)c2)c1N. The van der Waals surface area contributed by atoms with Crippen LogP contribution in [0.2, 0.25) is 0 Å². The van der Waals surface area contributed by atoms with Crippen molar-refractivity contribution in [1.29, 1.82) is 0 Å². The maximum Gasteiger partial charge on any atom is 0.130 e. The number of rotatable bonds is 2. The Balaban J connectivity index is 2.49. The number of benzene rings is 1. The molecule has 0 saturated heterocycles. The van der Waals surface area contributed by atoms with Crippen LogP contribution in [-0.4, -0.2) is 9.78 Å². The molecular formula is C11H12FN3. The topological polar surface area (TPSA) is 43.8 Å². The predicted octanol–water partition coefficient (Wildman–Crippen LogP) is 2.16. The van der Waals surface area contributed by atoms with Crippen LogP contribution < -0.4 is 5.73 Å². The van der Waals surface area contributed by atoms with E-state index in [2.05, 4.69) is 5.10 Å². The molecule has 0 atom stereocenters. The molecule has 0 amide bonds. The molecule has 2 N–H and O–H groups in total. The number of nitrogen functional groups attached to an aromatic ring is 1. The summed E-state index contributed by atoms with van der Waals surface area (Å²) in [5, 5.41) is 4.12. The summed E-state index contributed by atoms with van der Waals surface area (Å²) >= 11 is 0. The van der Waals surface area contributed by atoms with E-state index in [9.17, 15) is 4.39 Å².